The Morgan fingerprint density at radius 3 is 2.35 bits per heavy atom. The van der Waals surface area contributed by atoms with E-state index in [0.717, 1.165) is 22.4 Å². The van der Waals surface area contributed by atoms with Gasteiger partial charge in [0.2, 0.25) is 0 Å². The van der Waals surface area contributed by atoms with Gasteiger partial charge in [0.05, 0.1) is 14.2 Å². The number of methoxy groups -OCH3 is 2. The van der Waals surface area contributed by atoms with Gasteiger partial charge in [0.15, 0.2) is 0 Å². The van der Waals surface area contributed by atoms with E-state index < -0.39 is 0 Å². The quantitative estimate of drug-likeness (QED) is 0.628. The van der Waals surface area contributed by atoms with Crippen LogP contribution in [0.3, 0.4) is 0 Å². The monoisotopic (exact) mass is 268 g/mol. The Kier molecular flexibility index (Phi) is 4.56. The molecule has 3 nitrogen and oxygen atoms in total. The molecule has 0 radical (unpaired) electrons. The van der Waals surface area contributed by atoms with Crippen molar-refractivity contribution < 1.29 is 14.3 Å². The molecule has 0 bridgehead atoms. The van der Waals surface area contributed by atoms with Gasteiger partial charge >= 0.3 is 5.97 Å². The maximum absolute atomic E-state index is 11.0. The summed E-state index contributed by atoms with van der Waals surface area (Å²) >= 11 is 0. The lowest BCUT2D eigenvalue weighted by Crippen LogP contribution is -1.93. The van der Waals surface area contributed by atoms with Gasteiger partial charge in [-0.1, -0.05) is 42.5 Å². The Labute approximate surface area is 118 Å². The number of benzene rings is 2. The maximum Gasteiger partial charge on any atom is 0.330 e. The van der Waals surface area contributed by atoms with Crippen molar-refractivity contribution in [3.63, 3.8) is 0 Å². The number of ether oxygens (including phenoxy) is 2. The van der Waals surface area contributed by atoms with Gasteiger partial charge in [-0.25, -0.2) is 4.79 Å². The molecule has 0 aliphatic heterocycles. The molecule has 0 saturated carbocycles. The first kappa shape index (κ1) is 13.9. The number of esters is 1. The van der Waals surface area contributed by atoms with Crippen molar-refractivity contribution in [1.29, 1.82) is 0 Å². The molecule has 0 heterocycles. The SMILES string of the molecule is COC(=O)C=Cc1ccc(-c2ccccc2OC)cc1. The molecule has 2 aromatic rings. The Hall–Kier alpha value is -2.55. The highest BCUT2D eigenvalue weighted by molar-refractivity contribution is 5.87. The fourth-order valence-corrected chi connectivity index (χ4v) is 1.89. The van der Waals surface area contributed by atoms with Crippen LogP contribution in [0.25, 0.3) is 17.2 Å². The van der Waals surface area contributed by atoms with E-state index in [4.69, 9.17) is 4.74 Å². The molecule has 0 spiro atoms. The van der Waals surface area contributed by atoms with Crippen LogP contribution >= 0.6 is 0 Å². The first-order valence-corrected chi connectivity index (χ1v) is 6.24. The van der Waals surface area contributed by atoms with Crippen LogP contribution in [0.5, 0.6) is 5.75 Å². The van der Waals surface area contributed by atoms with Crippen LogP contribution in [-0.4, -0.2) is 20.2 Å². The zero-order valence-electron chi connectivity index (χ0n) is 11.5. The summed E-state index contributed by atoms with van der Waals surface area (Å²) in [5.74, 6) is 0.476. The molecule has 0 N–H and O–H groups in total. The van der Waals surface area contributed by atoms with Gasteiger partial charge in [-0.2, -0.15) is 0 Å². The van der Waals surface area contributed by atoms with Crippen molar-refractivity contribution in [3.8, 4) is 16.9 Å². The molecule has 2 rings (SSSR count). The molecule has 0 amide bonds. The lowest BCUT2D eigenvalue weighted by molar-refractivity contribution is -0.134. The van der Waals surface area contributed by atoms with Crippen LogP contribution in [-0.2, 0) is 9.53 Å². The lowest BCUT2D eigenvalue weighted by Gasteiger charge is -2.08. The van der Waals surface area contributed by atoms with Crippen LogP contribution in [0.15, 0.2) is 54.6 Å². The zero-order chi connectivity index (χ0) is 14.4. The van der Waals surface area contributed by atoms with Crippen LogP contribution in [0.1, 0.15) is 5.56 Å². The normalized spacial score (nSPS) is 10.5. The summed E-state index contributed by atoms with van der Waals surface area (Å²) in [5, 5.41) is 0. The predicted octanol–water partition coefficient (Wildman–Crippen LogP) is 3.55. The summed E-state index contributed by atoms with van der Waals surface area (Å²) in [5.41, 5.74) is 3.05. The third-order valence-corrected chi connectivity index (χ3v) is 2.94. The van der Waals surface area contributed by atoms with Crippen molar-refractivity contribution in [1.82, 2.24) is 0 Å². The number of carbonyl (C=O) groups excluding carboxylic acids is 1. The maximum atomic E-state index is 11.0. The first-order chi connectivity index (χ1) is 9.74. The molecule has 0 atom stereocenters. The van der Waals surface area contributed by atoms with E-state index in [1.165, 1.54) is 13.2 Å². The molecular weight excluding hydrogens is 252 g/mol. The third kappa shape index (κ3) is 3.26. The molecule has 0 unspecified atom stereocenters. The number of para-hydroxylation sites is 1. The molecule has 102 valence electrons. The minimum atomic E-state index is -0.362. The van der Waals surface area contributed by atoms with Crippen molar-refractivity contribution in [3.05, 3.63) is 60.2 Å². The number of carbonyl (C=O) groups is 1. The standard InChI is InChI=1S/C17H16O3/c1-19-16-6-4-3-5-15(16)14-10-7-13(8-11-14)9-12-17(18)20-2/h3-12H,1-2H3. The summed E-state index contributed by atoms with van der Waals surface area (Å²) < 4.78 is 9.90. The van der Waals surface area contributed by atoms with Crippen molar-refractivity contribution in [2.45, 2.75) is 0 Å². The smallest absolute Gasteiger partial charge is 0.330 e. The molecule has 0 fully saturated rings. The first-order valence-electron chi connectivity index (χ1n) is 6.24. The molecule has 20 heavy (non-hydrogen) atoms. The second-order valence-electron chi connectivity index (χ2n) is 4.18. The van der Waals surface area contributed by atoms with Crippen molar-refractivity contribution >= 4 is 12.0 Å². The third-order valence-electron chi connectivity index (χ3n) is 2.94. The summed E-state index contributed by atoms with van der Waals surface area (Å²) in [6.07, 6.45) is 3.12. The van der Waals surface area contributed by atoms with Gasteiger partial charge < -0.3 is 9.47 Å². The number of hydrogen-bond donors (Lipinski definition) is 0. The molecular formula is C17H16O3. The Bertz CT molecular complexity index is 612. The van der Waals surface area contributed by atoms with E-state index in [1.54, 1.807) is 13.2 Å². The van der Waals surface area contributed by atoms with E-state index >= 15 is 0 Å². The largest absolute Gasteiger partial charge is 0.496 e. The van der Waals surface area contributed by atoms with Crippen molar-refractivity contribution in [2.75, 3.05) is 14.2 Å². The summed E-state index contributed by atoms with van der Waals surface area (Å²) in [7, 11) is 3.02. The van der Waals surface area contributed by atoms with Gasteiger partial charge in [-0.05, 0) is 23.3 Å². The van der Waals surface area contributed by atoms with Crippen LogP contribution in [0.4, 0.5) is 0 Å². The second kappa shape index (κ2) is 6.57. The number of rotatable bonds is 4. The number of hydrogen-bond acceptors (Lipinski definition) is 3. The molecule has 0 aromatic heterocycles. The zero-order valence-corrected chi connectivity index (χ0v) is 11.5. The lowest BCUT2D eigenvalue weighted by atomic mass is 10.0. The molecule has 0 aliphatic carbocycles. The minimum Gasteiger partial charge on any atom is -0.496 e. The van der Waals surface area contributed by atoms with Crippen LogP contribution in [0, 0.1) is 0 Å². The fourth-order valence-electron chi connectivity index (χ4n) is 1.89. The Morgan fingerprint density at radius 1 is 1.00 bits per heavy atom. The molecule has 3 heteroatoms. The predicted molar refractivity (Wildman–Crippen MR) is 79.5 cm³/mol. The van der Waals surface area contributed by atoms with Gasteiger partial charge in [0.25, 0.3) is 0 Å². The average molecular weight is 268 g/mol. The molecule has 0 saturated heterocycles. The fraction of sp³-hybridized carbons (Fsp3) is 0.118. The van der Waals surface area contributed by atoms with E-state index in [0.29, 0.717) is 0 Å². The van der Waals surface area contributed by atoms with Gasteiger partial charge in [0.1, 0.15) is 5.75 Å². The highest BCUT2D eigenvalue weighted by Gasteiger charge is 2.03. The topological polar surface area (TPSA) is 35.5 Å². The second-order valence-corrected chi connectivity index (χ2v) is 4.18. The van der Waals surface area contributed by atoms with Gasteiger partial charge in [0, 0.05) is 11.6 Å². The van der Waals surface area contributed by atoms with Gasteiger partial charge in [-0.3, -0.25) is 0 Å². The highest BCUT2D eigenvalue weighted by Crippen LogP contribution is 2.29. The van der Waals surface area contributed by atoms with Crippen LogP contribution < -0.4 is 4.74 Å². The average Bonchev–Trinajstić information content (AvgIpc) is 2.53. The van der Waals surface area contributed by atoms with Gasteiger partial charge in [-0.15, -0.1) is 0 Å². The summed E-state index contributed by atoms with van der Waals surface area (Å²) in [6.45, 7) is 0. The van der Waals surface area contributed by atoms with Crippen molar-refractivity contribution in [2.24, 2.45) is 0 Å². The van der Waals surface area contributed by atoms with E-state index in [2.05, 4.69) is 4.74 Å². The molecule has 0 aliphatic rings. The van der Waals surface area contributed by atoms with Crippen LogP contribution in [0.2, 0.25) is 0 Å². The highest BCUT2D eigenvalue weighted by atomic mass is 16.5. The van der Waals surface area contributed by atoms with E-state index in [1.807, 2.05) is 48.5 Å². The van der Waals surface area contributed by atoms with E-state index in [-0.39, 0.29) is 5.97 Å². The Morgan fingerprint density at radius 2 is 1.70 bits per heavy atom. The van der Waals surface area contributed by atoms with E-state index in [9.17, 15) is 4.79 Å². The molecule has 2 aromatic carbocycles. The Balaban J connectivity index is 2.24. The summed E-state index contributed by atoms with van der Waals surface area (Å²) in [4.78, 5) is 11.0. The minimum absolute atomic E-state index is 0.362. The summed E-state index contributed by atoms with van der Waals surface area (Å²) in [6, 6.07) is 15.7.